The molecule has 1 amide bonds. The van der Waals surface area contributed by atoms with Gasteiger partial charge in [-0.1, -0.05) is 0 Å². The van der Waals surface area contributed by atoms with Gasteiger partial charge in [-0.2, -0.15) is 0 Å². The minimum Gasteiger partial charge on any atom is -0.497 e. The highest BCUT2D eigenvalue weighted by Gasteiger charge is 2.17. The summed E-state index contributed by atoms with van der Waals surface area (Å²) in [4.78, 5) is 16.5. The van der Waals surface area contributed by atoms with E-state index in [-0.39, 0.29) is 5.91 Å². The molecular weight excluding hydrogens is 310 g/mol. The van der Waals surface area contributed by atoms with E-state index in [0.29, 0.717) is 10.7 Å². The second-order valence-corrected chi connectivity index (χ2v) is 6.00. The summed E-state index contributed by atoms with van der Waals surface area (Å²) in [5.74, 6) is 0.658. The maximum atomic E-state index is 12.5. The number of hydrogen-bond acceptors (Lipinski definition) is 4. The van der Waals surface area contributed by atoms with E-state index < -0.39 is 0 Å². The third-order valence-electron chi connectivity index (χ3n) is 3.66. The van der Waals surface area contributed by atoms with Crippen molar-refractivity contribution in [3.63, 3.8) is 0 Å². The summed E-state index contributed by atoms with van der Waals surface area (Å²) in [5.41, 5.74) is 3.53. The summed E-state index contributed by atoms with van der Waals surface area (Å²) < 4.78 is 7.24. The van der Waals surface area contributed by atoms with E-state index in [1.807, 2.05) is 49.6 Å². The first-order valence-corrected chi connectivity index (χ1v) is 8.02. The van der Waals surface area contributed by atoms with Crippen LogP contribution in [0.15, 0.2) is 41.9 Å². The zero-order chi connectivity index (χ0) is 16.4. The third kappa shape index (κ3) is 2.98. The van der Waals surface area contributed by atoms with Crippen LogP contribution in [0.2, 0.25) is 0 Å². The molecule has 1 aromatic carbocycles. The van der Waals surface area contributed by atoms with Gasteiger partial charge in [-0.25, -0.2) is 4.98 Å². The van der Waals surface area contributed by atoms with Crippen molar-refractivity contribution in [3.05, 3.63) is 58.9 Å². The predicted octanol–water partition coefficient (Wildman–Crippen LogP) is 3.81. The fraction of sp³-hybridized carbons (Fsp3) is 0.176. The molecule has 118 valence electrons. The van der Waals surface area contributed by atoms with Crippen molar-refractivity contribution in [1.82, 2.24) is 9.55 Å². The minimum atomic E-state index is -0.146. The van der Waals surface area contributed by atoms with Gasteiger partial charge < -0.3 is 9.30 Å². The molecule has 0 saturated heterocycles. The van der Waals surface area contributed by atoms with Crippen LogP contribution in [0.3, 0.4) is 0 Å². The first kappa shape index (κ1) is 15.3. The number of nitrogens with one attached hydrogen (secondary N) is 1. The molecule has 6 heteroatoms. The lowest BCUT2D eigenvalue weighted by Gasteiger charge is -2.10. The highest BCUT2D eigenvalue weighted by atomic mass is 32.1. The number of benzene rings is 1. The summed E-state index contributed by atoms with van der Waals surface area (Å²) in [6.07, 6.45) is 1.67. The van der Waals surface area contributed by atoms with Crippen LogP contribution in [0.25, 0.3) is 5.69 Å². The molecule has 0 saturated carbocycles. The molecule has 0 atom stereocenters. The second-order valence-electron chi connectivity index (χ2n) is 5.11. The van der Waals surface area contributed by atoms with Crippen LogP contribution < -0.4 is 10.1 Å². The number of aromatic nitrogens is 2. The van der Waals surface area contributed by atoms with Gasteiger partial charge in [0.25, 0.3) is 5.91 Å². The fourth-order valence-corrected chi connectivity index (χ4v) is 3.09. The summed E-state index contributed by atoms with van der Waals surface area (Å²) in [6.45, 7) is 3.92. The van der Waals surface area contributed by atoms with Crippen LogP contribution in [0.4, 0.5) is 5.13 Å². The molecule has 0 spiro atoms. The van der Waals surface area contributed by atoms with Gasteiger partial charge in [-0.15, -0.1) is 11.3 Å². The van der Waals surface area contributed by atoms with E-state index in [4.69, 9.17) is 4.74 Å². The normalized spacial score (nSPS) is 10.6. The Balaban J connectivity index is 1.93. The monoisotopic (exact) mass is 327 g/mol. The predicted molar refractivity (Wildman–Crippen MR) is 91.9 cm³/mol. The molecule has 0 aliphatic rings. The van der Waals surface area contributed by atoms with Gasteiger partial charge in [-0.3, -0.25) is 10.1 Å². The van der Waals surface area contributed by atoms with E-state index in [1.54, 1.807) is 13.3 Å². The number of aryl methyl sites for hydroxylation is 1. The topological polar surface area (TPSA) is 56.1 Å². The summed E-state index contributed by atoms with van der Waals surface area (Å²) in [6, 6.07) is 9.65. The molecule has 0 aliphatic heterocycles. The number of carbonyl (C=O) groups excluding carboxylic acids is 1. The molecule has 0 unspecified atom stereocenters. The molecule has 5 nitrogen and oxygen atoms in total. The lowest BCUT2D eigenvalue weighted by atomic mass is 10.2. The summed E-state index contributed by atoms with van der Waals surface area (Å²) in [5, 5.41) is 5.26. The highest BCUT2D eigenvalue weighted by molar-refractivity contribution is 7.13. The van der Waals surface area contributed by atoms with E-state index in [1.165, 1.54) is 11.3 Å². The van der Waals surface area contributed by atoms with E-state index in [9.17, 15) is 4.79 Å². The Morgan fingerprint density at radius 2 is 2.00 bits per heavy atom. The van der Waals surface area contributed by atoms with Crippen molar-refractivity contribution in [1.29, 1.82) is 0 Å². The first-order valence-electron chi connectivity index (χ1n) is 7.14. The number of thiazole rings is 1. The van der Waals surface area contributed by atoms with Crippen molar-refractivity contribution in [2.45, 2.75) is 13.8 Å². The Morgan fingerprint density at radius 3 is 2.61 bits per heavy atom. The molecule has 23 heavy (non-hydrogen) atoms. The molecule has 0 radical (unpaired) electrons. The van der Waals surface area contributed by atoms with Gasteiger partial charge in [0.2, 0.25) is 0 Å². The number of rotatable bonds is 4. The third-order valence-corrected chi connectivity index (χ3v) is 4.35. The summed E-state index contributed by atoms with van der Waals surface area (Å²) in [7, 11) is 1.64. The first-order chi connectivity index (χ1) is 11.1. The molecule has 3 rings (SSSR count). The Kier molecular flexibility index (Phi) is 4.16. The van der Waals surface area contributed by atoms with Crippen LogP contribution in [-0.2, 0) is 0 Å². The molecule has 2 aromatic heterocycles. The van der Waals surface area contributed by atoms with Gasteiger partial charge in [-0.05, 0) is 44.2 Å². The Hall–Kier alpha value is -2.60. The second kappa shape index (κ2) is 6.26. The standard InChI is InChI=1S/C17H17N3O2S/c1-11-10-15(16(21)19-17-18-8-9-23-17)12(2)20(11)13-4-6-14(22-3)7-5-13/h4-10H,1-3H3,(H,18,19,21). The number of ether oxygens (including phenoxy) is 1. The average Bonchev–Trinajstić information content (AvgIpc) is 3.15. The maximum Gasteiger partial charge on any atom is 0.259 e. The smallest absolute Gasteiger partial charge is 0.259 e. The number of carbonyl (C=O) groups is 1. The van der Waals surface area contributed by atoms with E-state index in [0.717, 1.165) is 22.8 Å². The Morgan fingerprint density at radius 1 is 1.26 bits per heavy atom. The van der Waals surface area contributed by atoms with Crippen molar-refractivity contribution >= 4 is 22.4 Å². The van der Waals surface area contributed by atoms with Crippen molar-refractivity contribution in [3.8, 4) is 11.4 Å². The molecule has 1 N–H and O–H groups in total. The van der Waals surface area contributed by atoms with E-state index >= 15 is 0 Å². The molecule has 0 aliphatic carbocycles. The number of hydrogen-bond donors (Lipinski definition) is 1. The van der Waals surface area contributed by atoms with Crippen molar-refractivity contribution in [2.75, 3.05) is 12.4 Å². The van der Waals surface area contributed by atoms with Crippen LogP contribution in [0, 0.1) is 13.8 Å². The fourth-order valence-electron chi connectivity index (χ4n) is 2.57. The highest BCUT2D eigenvalue weighted by Crippen LogP contribution is 2.23. The molecule has 0 bridgehead atoms. The number of methoxy groups -OCH3 is 1. The van der Waals surface area contributed by atoms with Crippen LogP contribution in [0.1, 0.15) is 21.7 Å². The van der Waals surface area contributed by atoms with Crippen molar-refractivity contribution < 1.29 is 9.53 Å². The quantitative estimate of drug-likeness (QED) is 0.793. The minimum absolute atomic E-state index is 0.146. The maximum absolute atomic E-state index is 12.5. The molecular formula is C17H17N3O2S. The summed E-state index contributed by atoms with van der Waals surface area (Å²) >= 11 is 1.40. The molecule has 2 heterocycles. The van der Waals surface area contributed by atoms with Gasteiger partial charge >= 0.3 is 0 Å². The Labute approximate surface area is 138 Å². The lowest BCUT2D eigenvalue weighted by Crippen LogP contribution is -2.12. The SMILES string of the molecule is COc1ccc(-n2c(C)cc(C(=O)Nc3nccs3)c2C)cc1. The van der Waals surface area contributed by atoms with Crippen LogP contribution in [0.5, 0.6) is 5.75 Å². The number of amides is 1. The van der Waals surface area contributed by atoms with Gasteiger partial charge in [0.15, 0.2) is 5.13 Å². The van der Waals surface area contributed by atoms with Crippen molar-refractivity contribution in [2.24, 2.45) is 0 Å². The molecule has 0 fully saturated rings. The number of anilines is 1. The van der Waals surface area contributed by atoms with Gasteiger partial charge in [0.05, 0.1) is 12.7 Å². The van der Waals surface area contributed by atoms with Crippen LogP contribution in [-0.4, -0.2) is 22.6 Å². The van der Waals surface area contributed by atoms with Gasteiger partial charge in [0, 0.05) is 28.7 Å². The zero-order valence-electron chi connectivity index (χ0n) is 13.2. The average molecular weight is 327 g/mol. The zero-order valence-corrected chi connectivity index (χ0v) is 14.0. The van der Waals surface area contributed by atoms with E-state index in [2.05, 4.69) is 14.9 Å². The largest absolute Gasteiger partial charge is 0.497 e. The Bertz CT molecular complexity index is 820. The lowest BCUT2D eigenvalue weighted by molar-refractivity contribution is 0.102. The van der Waals surface area contributed by atoms with Gasteiger partial charge in [0.1, 0.15) is 5.75 Å². The number of nitrogens with zero attached hydrogens (tertiary/aromatic N) is 2. The molecule has 3 aromatic rings. The van der Waals surface area contributed by atoms with Crippen LogP contribution >= 0.6 is 11.3 Å².